The van der Waals surface area contributed by atoms with Crippen molar-refractivity contribution in [1.82, 2.24) is 9.80 Å². The fourth-order valence-electron chi connectivity index (χ4n) is 2.02. The lowest BCUT2D eigenvalue weighted by Gasteiger charge is -2.19. The van der Waals surface area contributed by atoms with Crippen LogP contribution in [0.15, 0.2) is 28.7 Å². The number of carbonyl (C=O) groups is 1. The molecule has 1 aromatic carbocycles. The van der Waals surface area contributed by atoms with Gasteiger partial charge in [-0.05, 0) is 24.3 Å². The molecule has 0 bridgehead atoms. The van der Waals surface area contributed by atoms with Gasteiger partial charge in [0.15, 0.2) is 0 Å². The molecule has 2 rings (SSSR count). The molecule has 1 fully saturated rings. The summed E-state index contributed by atoms with van der Waals surface area (Å²) in [5.41, 5.74) is 0. The van der Waals surface area contributed by atoms with Crippen molar-refractivity contribution >= 4 is 21.8 Å². The van der Waals surface area contributed by atoms with E-state index in [1.807, 2.05) is 31.3 Å². The Hall–Kier alpha value is -1.07. The molecule has 1 aromatic rings. The topological polar surface area (TPSA) is 32.8 Å². The summed E-state index contributed by atoms with van der Waals surface area (Å²) in [7, 11) is 1.87. The van der Waals surface area contributed by atoms with E-state index in [-0.39, 0.29) is 5.91 Å². The number of rotatable bonds is 4. The van der Waals surface area contributed by atoms with Gasteiger partial charge in [-0.2, -0.15) is 0 Å². The van der Waals surface area contributed by atoms with Crippen LogP contribution in [0.25, 0.3) is 0 Å². The fraction of sp³-hybridized carbons (Fsp3) is 0.500. The molecule has 0 aromatic heterocycles. The van der Waals surface area contributed by atoms with Gasteiger partial charge in [-0.3, -0.25) is 9.69 Å². The average Bonchev–Trinajstić information content (AvgIpc) is 2.56. The van der Waals surface area contributed by atoms with Crippen LogP contribution >= 0.6 is 15.9 Å². The van der Waals surface area contributed by atoms with E-state index in [0.717, 1.165) is 36.4 Å². The Labute approximate surface area is 122 Å². The van der Waals surface area contributed by atoms with Crippen molar-refractivity contribution in [2.45, 2.75) is 6.42 Å². The number of nitrogens with zero attached hydrogens (tertiary/aromatic N) is 2. The van der Waals surface area contributed by atoms with E-state index < -0.39 is 0 Å². The highest BCUT2D eigenvalue weighted by Crippen LogP contribution is 2.16. The Bertz CT molecular complexity index is 422. The van der Waals surface area contributed by atoms with Gasteiger partial charge >= 0.3 is 0 Å². The number of carbonyl (C=O) groups excluding carboxylic acids is 1. The van der Waals surface area contributed by atoms with E-state index in [1.54, 1.807) is 4.90 Å². The Kier molecular flexibility index (Phi) is 5.22. The Morgan fingerprint density at radius 1 is 1.21 bits per heavy atom. The normalized spacial score (nSPS) is 17.4. The molecule has 0 radical (unpaired) electrons. The minimum absolute atomic E-state index is 0.233. The molecular formula is C14H19BrN2O2. The van der Waals surface area contributed by atoms with Crippen molar-refractivity contribution in [1.29, 1.82) is 0 Å². The van der Waals surface area contributed by atoms with E-state index in [4.69, 9.17) is 4.74 Å². The SMILES string of the molecule is CN1CCN(CCOc2ccc(Br)cc2)CCC1=O. The first-order valence-corrected chi connectivity index (χ1v) is 7.29. The lowest BCUT2D eigenvalue weighted by Crippen LogP contribution is -2.32. The summed E-state index contributed by atoms with van der Waals surface area (Å²) in [6.07, 6.45) is 0.606. The largest absolute Gasteiger partial charge is 0.492 e. The molecule has 1 aliphatic heterocycles. The highest BCUT2D eigenvalue weighted by atomic mass is 79.9. The van der Waals surface area contributed by atoms with Crippen LogP contribution in [0, 0.1) is 0 Å². The zero-order valence-electron chi connectivity index (χ0n) is 11.1. The molecule has 0 atom stereocenters. The quantitative estimate of drug-likeness (QED) is 0.848. The first kappa shape index (κ1) is 14.3. The lowest BCUT2D eigenvalue weighted by atomic mass is 10.3. The maximum atomic E-state index is 11.6. The molecule has 1 aliphatic rings. The summed E-state index contributed by atoms with van der Waals surface area (Å²) < 4.78 is 6.75. The molecular weight excluding hydrogens is 308 g/mol. The summed E-state index contributed by atoms with van der Waals surface area (Å²) in [5, 5.41) is 0. The van der Waals surface area contributed by atoms with E-state index in [9.17, 15) is 4.79 Å². The van der Waals surface area contributed by atoms with Crippen molar-refractivity contribution in [3.63, 3.8) is 0 Å². The van der Waals surface area contributed by atoms with Crippen molar-refractivity contribution in [3.8, 4) is 5.75 Å². The number of benzene rings is 1. The zero-order valence-corrected chi connectivity index (χ0v) is 12.7. The van der Waals surface area contributed by atoms with Crippen LogP contribution in [-0.4, -0.2) is 55.5 Å². The number of amides is 1. The Balaban J connectivity index is 1.73. The zero-order chi connectivity index (χ0) is 13.7. The van der Waals surface area contributed by atoms with Crippen LogP contribution < -0.4 is 4.74 Å². The first-order chi connectivity index (χ1) is 9.15. The number of hydrogen-bond acceptors (Lipinski definition) is 3. The predicted octanol–water partition coefficient (Wildman–Crippen LogP) is 1.99. The molecule has 5 heteroatoms. The second-order valence-electron chi connectivity index (χ2n) is 4.71. The molecule has 1 heterocycles. The summed E-state index contributed by atoms with van der Waals surface area (Å²) in [4.78, 5) is 15.6. The van der Waals surface area contributed by atoms with Gasteiger partial charge in [0.2, 0.25) is 5.91 Å². The van der Waals surface area contributed by atoms with Gasteiger partial charge in [-0.15, -0.1) is 0 Å². The molecule has 104 valence electrons. The van der Waals surface area contributed by atoms with Gasteiger partial charge in [0, 0.05) is 44.1 Å². The van der Waals surface area contributed by atoms with Gasteiger partial charge in [0.1, 0.15) is 12.4 Å². The molecule has 1 saturated heterocycles. The second-order valence-corrected chi connectivity index (χ2v) is 5.62. The third-order valence-electron chi connectivity index (χ3n) is 3.31. The molecule has 4 nitrogen and oxygen atoms in total. The molecule has 1 amide bonds. The van der Waals surface area contributed by atoms with Crippen molar-refractivity contribution < 1.29 is 9.53 Å². The number of hydrogen-bond donors (Lipinski definition) is 0. The number of halogens is 1. The molecule has 0 saturated carbocycles. The monoisotopic (exact) mass is 326 g/mol. The molecule has 0 N–H and O–H groups in total. The van der Waals surface area contributed by atoms with Crippen molar-refractivity contribution in [2.24, 2.45) is 0 Å². The molecule has 19 heavy (non-hydrogen) atoms. The maximum Gasteiger partial charge on any atom is 0.223 e. The van der Waals surface area contributed by atoms with Gasteiger partial charge in [0.05, 0.1) is 0 Å². The standard InChI is InChI=1S/C14H19BrN2O2/c1-16-8-9-17(7-6-14(16)18)10-11-19-13-4-2-12(15)3-5-13/h2-5H,6-11H2,1H3. The minimum Gasteiger partial charge on any atom is -0.492 e. The van der Waals surface area contributed by atoms with Gasteiger partial charge in [-0.25, -0.2) is 0 Å². The van der Waals surface area contributed by atoms with Crippen molar-refractivity contribution in [3.05, 3.63) is 28.7 Å². The maximum absolute atomic E-state index is 11.6. The number of likely N-dealkylation sites (N-methyl/N-ethyl adjacent to an activating group) is 1. The minimum atomic E-state index is 0.233. The highest BCUT2D eigenvalue weighted by Gasteiger charge is 2.17. The van der Waals surface area contributed by atoms with E-state index in [2.05, 4.69) is 20.8 Å². The van der Waals surface area contributed by atoms with Crippen molar-refractivity contribution in [2.75, 3.05) is 39.8 Å². The van der Waals surface area contributed by atoms with Crippen LogP contribution in [0.4, 0.5) is 0 Å². The average molecular weight is 327 g/mol. The smallest absolute Gasteiger partial charge is 0.223 e. The highest BCUT2D eigenvalue weighted by molar-refractivity contribution is 9.10. The Morgan fingerprint density at radius 3 is 2.68 bits per heavy atom. The van der Waals surface area contributed by atoms with Gasteiger partial charge < -0.3 is 9.64 Å². The van der Waals surface area contributed by atoms with Crippen LogP contribution in [0.1, 0.15) is 6.42 Å². The van der Waals surface area contributed by atoms with Crippen LogP contribution in [0.3, 0.4) is 0 Å². The Morgan fingerprint density at radius 2 is 1.95 bits per heavy atom. The second kappa shape index (κ2) is 6.91. The summed E-state index contributed by atoms with van der Waals surface area (Å²) >= 11 is 3.40. The van der Waals surface area contributed by atoms with Gasteiger partial charge in [0.25, 0.3) is 0 Å². The van der Waals surface area contributed by atoms with Crippen LogP contribution in [0.2, 0.25) is 0 Å². The van der Waals surface area contributed by atoms with E-state index in [1.165, 1.54) is 0 Å². The van der Waals surface area contributed by atoms with Crippen LogP contribution in [-0.2, 0) is 4.79 Å². The summed E-state index contributed by atoms with van der Waals surface area (Å²) in [5.74, 6) is 1.11. The third-order valence-corrected chi connectivity index (χ3v) is 3.84. The van der Waals surface area contributed by atoms with E-state index >= 15 is 0 Å². The lowest BCUT2D eigenvalue weighted by molar-refractivity contribution is -0.129. The first-order valence-electron chi connectivity index (χ1n) is 6.50. The number of ether oxygens (including phenoxy) is 1. The molecule has 0 unspecified atom stereocenters. The fourth-order valence-corrected chi connectivity index (χ4v) is 2.28. The molecule has 0 spiro atoms. The molecule has 0 aliphatic carbocycles. The third kappa shape index (κ3) is 4.51. The summed E-state index contributed by atoms with van der Waals surface area (Å²) in [6.45, 7) is 4.06. The van der Waals surface area contributed by atoms with Crippen LogP contribution in [0.5, 0.6) is 5.75 Å². The van der Waals surface area contributed by atoms with E-state index in [0.29, 0.717) is 13.0 Å². The predicted molar refractivity (Wildman–Crippen MR) is 78.3 cm³/mol. The van der Waals surface area contributed by atoms with Gasteiger partial charge in [-0.1, -0.05) is 15.9 Å². The summed E-state index contributed by atoms with van der Waals surface area (Å²) in [6, 6.07) is 7.83.